The average Bonchev–Trinajstić information content (AvgIpc) is 3.55. The second-order valence-corrected chi connectivity index (χ2v) is 10.9. The van der Waals surface area contributed by atoms with Crippen LogP contribution in [-0.4, -0.2) is 45.0 Å². The molecule has 2 aliphatic carbocycles. The minimum Gasteiger partial charge on any atom is -0.444 e. The van der Waals surface area contributed by atoms with Crippen molar-refractivity contribution < 1.29 is 14.3 Å². The van der Waals surface area contributed by atoms with E-state index >= 15 is 0 Å². The summed E-state index contributed by atoms with van der Waals surface area (Å²) in [5, 5.41) is 3.25. The Morgan fingerprint density at radius 2 is 1.77 bits per heavy atom. The number of imidazole rings is 1. The Labute approximate surface area is 183 Å². The fraction of sp³-hybridized carbons (Fsp3) is 0.625. The molecule has 2 amide bonds. The van der Waals surface area contributed by atoms with Crippen LogP contribution >= 0.6 is 0 Å². The molecule has 7 nitrogen and oxygen atoms in total. The summed E-state index contributed by atoms with van der Waals surface area (Å²) in [6.07, 6.45) is 4.12. The van der Waals surface area contributed by atoms with Gasteiger partial charge in [0.05, 0.1) is 16.7 Å². The van der Waals surface area contributed by atoms with Crippen molar-refractivity contribution in [1.82, 2.24) is 19.6 Å². The van der Waals surface area contributed by atoms with E-state index in [2.05, 4.69) is 15.8 Å². The van der Waals surface area contributed by atoms with Gasteiger partial charge in [-0.25, -0.2) is 9.78 Å². The van der Waals surface area contributed by atoms with Crippen molar-refractivity contribution in [2.75, 3.05) is 13.1 Å². The molecule has 31 heavy (non-hydrogen) atoms. The SMILES string of the molecule is CC(C)(C)OC(=O)N1CC2C(C1)C2C(=O)NC(C)(C)c1nc(C2CC2)c2ccccn12. The lowest BCUT2D eigenvalue weighted by Gasteiger charge is -2.27. The Morgan fingerprint density at radius 3 is 2.39 bits per heavy atom. The van der Waals surface area contributed by atoms with Crippen LogP contribution in [-0.2, 0) is 15.1 Å². The van der Waals surface area contributed by atoms with Gasteiger partial charge in [-0.05, 0) is 71.4 Å². The second kappa shape index (κ2) is 6.71. The van der Waals surface area contributed by atoms with Gasteiger partial charge in [-0.3, -0.25) is 4.79 Å². The van der Waals surface area contributed by atoms with E-state index in [-0.39, 0.29) is 29.8 Å². The molecule has 0 aromatic carbocycles. The maximum atomic E-state index is 13.1. The molecule has 0 radical (unpaired) electrons. The first kappa shape index (κ1) is 20.3. The number of amides is 2. The number of pyridine rings is 1. The van der Waals surface area contributed by atoms with E-state index in [0.717, 1.165) is 17.0 Å². The molecule has 5 rings (SSSR count). The van der Waals surface area contributed by atoms with Gasteiger partial charge < -0.3 is 19.4 Å². The van der Waals surface area contributed by atoms with E-state index < -0.39 is 11.1 Å². The lowest BCUT2D eigenvalue weighted by Crippen LogP contribution is -2.45. The largest absolute Gasteiger partial charge is 0.444 e. The fourth-order valence-corrected chi connectivity index (χ4v) is 5.00. The number of carbonyl (C=O) groups excluding carboxylic acids is 2. The molecule has 1 saturated heterocycles. The maximum Gasteiger partial charge on any atom is 0.410 e. The predicted molar refractivity (Wildman–Crippen MR) is 117 cm³/mol. The molecule has 1 aliphatic heterocycles. The molecule has 7 heteroatoms. The Bertz CT molecular complexity index is 1030. The molecule has 2 aromatic heterocycles. The van der Waals surface area contributed by atoms with Gasteiger partial charge in [0, 0.05) is 31.1 Å². The van der Waals surface area contributed by atoms with Gasteiger partial charge in [0.1, 0.15) is 11.4 Å². The number of hydrogen-bond acceptors (Lipinski definition) is 4. The van der Waals surface area contributed by atoms with Crippen molar-refractivity contribution in [3.05, 3.63) is 35.9 Å². The molecule has 0 bridgehead atoms. The number of nitrogens with one attached hydrogen (secondary N) is 1. The zero-order valence-corrected chi connectivity index (χ0v) is 19.0. The van der Waals surface area contributed by atoms with Gasteiger partial charge >= 0.3 is 6.09 Å². The van der Waals surface area contributed by atoms with Crippen LogP contribution in [0.3, 0.4) is 0 Å². The van der Waals surface area contributed by atoms with Gasteiger partial charge in [0.2, 0.25) is 5.91 Å². The zero-order chi connectivity index (χ0) is 22.1. The van der Waals surface area contributed by atoms with E-state index in [9.17, 15) is 9.59 Å². The molecule has 3 fully saturated rings. The molecule has 166 valence electrons. The first-order valence-corrected chi connectivity index (χ1v) is 11.3. The van der Waals surface area contributed by atoms with E-state index in [1.165, 1.54) is 12.8 Å². The predicted octanol–water partition coefficient (Wildman–Crippen LogP) is 3.68. The van der Waals surface area contributed by atoms with E-state index in [1.807, 2.05) is 52.9 Å². The Balaban J connectivity index is 1.26. The Morgan fingerprint density at radius 1 is 1.10 bits per heavy atom. The van der Waals surface area contributed by atoms with Crippen LogP contribution < -0.4 is 5.32 Å². The third-order valence-corrected chi connectivity index (χ3v) is 6.68. The number of nitrogens with zero attached hydrogens (tertiary/aromatic N) is 3. The summed E-state index contributed by atoms with van der Waals surface area (Å²) in [4.78, 5) is 32.1. The summed E-state index contributed by atoms with van der Waals surface area (Å²) >= 11 is 0. The number of carbonyl (C=O) groups is 2. The summed E-state index contributed by atoms with van der Waals surface area (Å²) in [7, 11) is 0. The first-order valence-electron chi connectivity index (χ1n) is 11.3. The third-order valence-electron chi connectivity index (χ3n) is 6.68. The number of aromatic nitrogens is 2. The highest BCUT2D eigenvalue weighted by molar-refractivity contribution is 5.84. The number of likely N-dealkylation sites (tertiary alicyclic amines) is 1. The summed E-state index contributed by atoms with van der Waals surface area (Å²) in [6.45, 7) is 10.8. The summed E-state index contributed by atoms with van der Waals surface area (Å²) in [5.74, 6) is 1.89. The zero-order valence-electron chi connectivity index (χ0n) is 19.0. The topological polar surface area (TPSA) is 75.9 Å². The molecule has 1 N–H and O–H groups in total. The van der Waals surface area contributed by atoms with Crippen LogP contribution in [0.15, 0.2) is 24.4 Å². The van der Waals surface area contributed by atoms with Crippen molar-refractivity contribution in [3.8, 4) is 0 Å². The number of hydrogen-bond donors (Lipinski definition) is 1. The molecular formula is C24H32N4O3. The highest BCUT2D eigenvalue weighted by Gasteiger charge is 2.61. The lowest BCUT2D eigenvalue weighted by molar-refractivity contribution is -0.125. The Hall–Kier alpha value is -2.57. The van der Waals surface area contributed by atoms with Gasteiger partial charge in [0.15, 0.2) is 0 Å². The molecular weight excluding hydrogens is 392 g/mol. The van der Waals surface area contributed by atoms with Gasteiger partial charge in [-0.15, -0.1) is 0 Å². The lowest BCUT2D eigenvalue weighted by atomic mass is 10.0. The van der Waals surface area contributed by atoms with E-state index in [1.54, 1.807) is 4.90 Å². The minimum absolute atomic E-state index is 0.0351. The summed E-state index contributed by atoms with van der Waals surface area (Å²) < 4.78 is 7.58. The molecule has 3 heterocycles. The molecule has 2 saturated carbocycles. The fourth-order valence-electron chi connectivity index (χ4n) is 5.00. The van der Waals surface area contributed by atoms with Gasteiger partial charge in [0.25, 0.3) is 0 Å². The normalized spacial score (nSPS) is 25.5. The quantitative estimate of drug-likeness (QED) is 0.812. The summed E-state index contributed by atoms with van der Waals surface area (Å²) in [6, 6.07) is 6.15. The van der Waals surface area contributed by atoms with Crippen molar-refractivity contribution in [1.29, 1.82) is 0 Å². The molecule has 0 spiro atoms. The second-order valence-electron chi connectivity index (χ2n) is 10.9. The number of fused-ring (bicyclic) bond motifs is 2. The average molecular weight is 425 g/mol. The van der Waals surface area contributed by atoms with Gasteiger partial charge in [-0.1, -0.05) is 6.07 Å². The van der Waals surface area contributed by atoms with Gasteiger partial charge in [-0.2, -0.15) is 0 Å². The molecule has 2 aromatic rings. The highest BCUT2D eigenvalue weighted by Crippen LogP contribution is 2.52. The first-order chi connectivity index (χ1) is 14.5. The smallest absolute Gasteiger partial charge is 0.410 e. The van der Waals surface area contributed by atoms with Crippen molar-refractivity contribution in [3.63, 3.8) is 0 Å². The van der Waals surface area contributed by atoms with E-state index in [4.69, 9.17) is 9.72 Å². The highest BCUT2D eigenvalue weighted by atomic mass is 16.6. The van der Waals surface area contributed by atoms with Crippen LogP contribution in [0.25, 0.3) is 5.52 Å². The van der Waals surface area contributed by atoms with E-state index in [0.29, 0.717) is 19.0 Å². The number of piperidine rings is 1. The third kappa shape index (κ3) is 3.68. The van der Waals surface area contributed by atoms with Crippen LogP contribution in [0.2, 0.25) is 0 Å². The molecule has 2 atom stereocenters. The standard InChI is InChI=1S/C24H32N4O3/c1-23(2,3)31-22(30)27-12-15-16(13-27)18(15)20(29)26-24(4,5)21-25-19(14-9-10-14)17-8-6-7-11-28(17)21/h6-8,11,14-16,18H,9-10,12-13H2,1-5H3,(H,26,29). The van der Waals surface area contributed by atoms with Crippen molar-refractivity contribution in [2.45, 2.75) is 64.5 Å². The molecule has 2 unspecified atom stereocenters. The van der Waals surface area contributed by atoms with Crippen molar-refractivity contribution >= 4 is 17.5 Å². The van der Waals surface area contributed by atoms with Crippen LogP contribution in [0.4, 0.5) is 4.79 Å². The monoisotopic (exact) mass is 424 g/mol. The summed E-state index contributed by atoms with van der Waals surface area (Å²) in [5.41, 5.74) is 1.19. The Kier molecular flexibility index (Phi) is 4.40. The van der Waals surface area contributed by atoms with Crippen LogP contribution in [0, 0.1) is 17.8 Å². The van der Waals surface area contributed by atoms with Crippen LogP contribution in [0.1, 0.15) is 64.9 Å². The number of rotatable bonds is 4. The number of ether oxygens (including phenoxy) is 1. The van der Waals surface area contributed by atoms with Crippen molar-refractivity contribution in [2.24, 2.45) is 17.8 Å². The molecule has 3 aliphatic rings. The van der Waals surface area contributed by atoms with Crippen LogP contribution in [0.5, 0.6) is 0 Å². The minimum atomic E-state index is -0.587. The maximum absolute atomic E-state index is 13.1.